The van der Waals surface area contributed by atoms with Gasteiger partial charge in [0.2, 0.25) is 11.8 Å². The van der Waals surface area contributed by atoms with Crippen molar-refractivity contribution in [3.8, 4) is 0 Å². The predicted octanol–water partition coefficient (Wildman–Crippen LogP) is 3.12. The summed E-state index contributed by atoms with van der Waals surface area (Å²) in [6.07, 6.45) is 0.109. The number of aryl methyl sites for hydroxylation is 1. The average Bonchev–Trinajstić information content (AvgIpc) is 2.94. The van der Waals surface area contributed by atoms with Gasteiger partial charge < -0.3 is 10.1 Å². The molecule has 0 aliphatic carbocycles. The molecule has 1 aliphatic rings. The quantitative estimate of drug-likeness (QED) is 0.584. The Hall–Kier alpha value is -1.45. The molecule has 0 bridgehead atoms. The lowest BCUT2D eigenvalue weighted by atomic mass is 10.1. The van der Waals surface area contributed by atoms with E-state index in [9.17, 15) is 14.4 Å². The van der Waals surface area contributed by atoms with Crippen LogP contribution in [0, 0.1) is 13.8 Å². The van der Waals surface area contributed by atoms with Crippen LogP contribution in [0.4, 0.5) is 5.00 Å². The highest BCUT2D eigenvalue weighted by atomic mass is 32.2. The van der Waals surface area contributed by atoms with E-state index in [1.54, 1.807) is 13.8 Å². The highest BCUT2D eigenvalue weighted by Gasteiger charge is 2.33. The number of carbonyl (C=O) groups excluding carboxylic acids is 3. The van der Waals surface area contributed by atoms with Gasteiger partial charge in [-0.25, -0.2) is 4.79 Å². The number of carbonyl (C=O) groups is 3. The molecule has 6 nitrogen and oxygen atoms in total. The molecule has 0 spiro atoms. The van der Waals surface area contributed by atoms with Crippen LogP contribution in [0.2, 0.25) is 0 Å². The Labute approximate surface area is 160 Å². The molecule has 1 unspecified atom stereocenters. The van der Waals surface area contributed by atoms with E-state index in [1.807, 2.05) is 13.8 Å². The Morgan fingerprint density at radius 2 is 2.04 bits per heavy atom. The molecule has 1 aliphatic heterocycles. The summed E-state index contributed by atoms with van der Waals surface area (Å²) in [6, 6.07) is 0. The summed E-state index contributed by atoms with van der Waals surface area (Å²) in [5.74, 6) is -0.787. The number of nitrogens with one attached hydrogen (secondary N) is 1. The predicted molar refractivity (Wildman–Crippen MR) is 104 cm³/mol. The second-order valence-corrected chi connectivity index (χ2v) is 8.72. The van der Waals surface area contributed by atoms with Crippen molar-refractivity contribution < 1.29 is 19.1 Å². The molecule has 1 aromatic heterocycles. The van der Waals surface area contributed by atoms with Gasteiger partial charge in [0, 0.05) is 17.8 Å². The van der Waals surface area contributed by atoms with Crippen molar-refractivity contribution >= 4 is 62.4 Å². The number of anilines is 1. The monoisotopic (exact) mass is 400 g/mol. The molecule has 25 heavy (non-hydrogen) atoms. The number of hydrogen-bond acceptors (Lipinski definition) is 7. The van der Waals surface area contributed by atoms with Gasteiger partial charge in [0.15, 0.2) is 0 Å². The summed E-state index contributed by atoms with van der Waals surface area (Å²) in [7, 11) is 0. The third-order valence-corrected chi connectivity index (χ3v) is 6.40. The van der Waals surface area contributed by atoms with Gasteiger partial charge in [-0.1, -0.05) is 24.0 Å². The molecular weight excluding hydrogens is 380 g/mol. The molecular formula is C16H20N2O4S3. The molecule has 1 fully saturated rings. The highest BCUT2D eigenvalue weighted by molar-refractivity contribution is 8.24. The zero-order chi connectivity index (χ0) is 18.7. The van der Waals surface area contributed by atoms with E-state index in [1.165, 1.54) is 28.0 Å². The second kappa shape index (κ2) is 8.29. The smallest absolute Gasteiger partial charge is 0.341 e. The molecule has 1 saturated heterocycles. The summed E-state index contributed by atoms with van der Waals surface area (Å²) < 4.78 is 5.57. The van der Waals surface area contributed by atoms with Gasteiger partial charge in [0.05, 0.1) is 17.4 Å². The van der Waals surface area contributed by atoms with Crippen molar-refractivity contribution in [2.75, 3.05) is 18.5 Å². The second-order valence-electron chi connectivity index (χ2n) is 5.52. The molecule has 2 heterocycles. The number of rotatable bonds is 6. The van der Waals surface area contributed by atoms with Crippen LogP contribution in [0.5, 0.6) is 0 Å². The van der Waals surface area contributed by atoms with E-state index >= 15 is 0 Å². The van der Waals surface area contributed by atoms with E-state index in [4.69, 9.17) is 17.0 Å². The molecule has 0 saturated carbocycles. The van der Waals surface area contributed by atoms with E-state index in [-0.39, 0.29) is 36.6 Å². The van der Waals surface area contributed by atoms with Crippen LogP contribution < -0.4 is 5.32 Å². The van der Waals surface area contributed by atoms with Gasteiger partial charge in [0.1, 0.15) is 9.32 Å². The summed E-state index contributed by atoms with van der Waals surface area (Å²) in [4.78, 5) is 38.8. The van der Waals surface area contributed by atoms with Crippen molar-refractivity contribution in [2.45, 2.75) is 39.4 Å². The molecule has 2 amide bonds. The van der Waals surface area contributed by atoms with E-state index in [0.717, 1.165) is 10.4 Å². The van der Waals surface area contributed by atoms with Crippen LogP contribution in [-0.4, -0.2) is 45.4 Å². The van der Waals surface area contributed by atoms with Gasteiger partial charge in [-0.05, 0) is 33.3 Å². The highest BCUT2D eigenvalue weighted by Crippen LogP contribution is 2.33. The fourth-order valence-corrected chi connectivity index (χ4v) is 4.86. The lowest BCUT2D eigenvalue weighted by Crippen LogP contribution is -2.33. The third kappa shape index (κ3) is 4.39. The lowest BCUT2D eigenvalue weighted by Gasteiger charge is -2.14. The minimum atomic E-state index is -0.444. The minimum Gasteiger partial charge on any atom is -0.462 e. The summed E-state index contributed by atoms with van der Waals surface area (Å²) in [5, 5.41) is 3.05. The number of ether oxygens (including phenoxy) is 1. The fourth-order valence-electron chi connectivity index (χ4n) is 2.34. The van der Waals surface area contributed by atoms with Crippen molar-refractivity contribution in [1.29, 1.82) is 0 Å². The third-order valence-electron chi connectivity index (χ3n) is 3.79. The lowest BCUT2D eigenvalue weighted by molar-refractivity contribution is -0.126. The van der Waals surface area contributed by atoms with Crippen molar-refractivity contribution in [1.82, 2.24) is 4.90 Å². The number of thiophene rings is 1. The van der Waals surface area contributed by atoms with Gasteiger partial charge in [0.25, 0.3) is 0 Å². The zero-order valence-electron chi connectivity index (χ0n) is 14.5. The number of hydrogen-bond donors (Lipinski definition) is 1. The van der Waals surface area contributed by atoms with E-state index in [2.05, 4.69) is 5.32 Å². The molecule has 136 valence electrons. The van der Waals surface area contributed by atoms with Crippen molar-refractivity contribution in [3.05, 3.63) is 16.0 Å². The number of nitrogens with zero attached hydrogens (tertiary/aromatic N) is 1. The molecule has 1 N–H and O–H groups in total. The van der Waals surface area contributed by atoms with Crippen LogP contribution in [-0.2, 0) is 14.3 Å². The Morgan fingerprint density at radius 1 is 1.36 bits per heavy atom. The van der Waals surface area contributed by atoms with Crippen LogP contribution in [0.15, 0.2) is 0 Å². The molecule has 0 aromatic carbocycles. The summed E-state index contributed by atoms with van der Waals surface area (Å²) in [6.45, 7) is 7.75. The first-order valence-corrected chi connectivity index (χ1v) is 9.95. The standard InChI is InChI=1S/C16H20N2O4S3/c1-5-22-15(21)12-8(2)9(3)24-13(12)17-11(19)6-7-18-14(20)10(4)25-16(18)23/h10H,5-7H2,1-4H3,(H,17,19). The van der Waals surface area contributed by atoms with E-state index < -0.39 is 5.97 Å². The first-order chi connectivity index (χ1) is 11.8. The fraction of sp³-hybridized carbons (Fsp3) is 0.500. The van der Waals surface area contributed by atoms with Gasteiger partial charge >= 0.3 is 5.97 Å². The largest absolute Gasteiger partial charge is 0.462 e. The Morgan fingerprint density at radius 3 is 2.60 bits per heavy atom. The van der Waals surface area contributed by atoms with Crippen LogP contribution >= 0.6 is 35.3 Å². The Kier molecular flexibility index (Phi) is 6.59. The maximum absolute atomic E-state index is 12.3. The Bertz CT molecular complexity index is 729. The Balaban J connectivity index is 2.04. The SMILES string of the molecule is CCOC(=O)c1c(NC(=O)CCN2C(=O)C(C)SC2=S)sc(C)c1C. The van der Waals surface area contributed by atoms with Gasteiger partial charge in [-0.3, -0.25) is 14.5 Å². The maximum Gasteiger partial charge on any atom is 0.341 e. The molecule has 9 heteroatoms. The summed E-state index contributed by atoms with van der Waals surface area (Å²) in [5.41, 5.74) is 1.20. The van der Waals surface area contributed by atoms with Crippen LogP contribution in [0.1, 0.15) is 41.1 Å². The summed E-state index contributed by atoms with van der Waals surface area (Å²) >= 11 is 7.82. The van der Waals surface area contributed by atoms with Crippen LogP contribution in [0.25, 0.3) is 0 Å². The first kappa shape index (κ1) is 19.9. The molecule has 2 rings (SSSR count). The molecule has 0 radical (unpaired) electrons. The van der Waals surface area contributed by atoms with Gasteiger partial charge in [-0.2, -0.15) is 0 Å². The first-order valence-electron chi connectivity index (χ1n) is 7.85. The van der Waals surface area contributed by atoms with Crippen LogP contribution in [0.3, 0.4) is 0 Å². The topological polar surface area (TPSA) is 75.7 Å². The number of thioether (sulfide) groups is 1. The zero-order valence-corrected chi connectivity index (χ0v) is 17.0. The minimum absolute atomic E-state index is 0.0715. The van der Waals surface area contributed by atoms with Crippen molar-refractivity contribution in [2.24, 2.45) is 0 Å². The van der Waals surface area contributed by atoms with Crippen molar-refractivity contribution in [3.63, 3.8) is 0 Å². The number of thiocarbonyl (C=S) groups is 1. The van der Waals surface area contributed by atoms with Gasteiger partial charge in [-0.15, -0.1) is 11.3 Å². The molecule has 1 atom stereocenters. The maximum atomic E-state index is 12.3. The normalized spacial score (nSPS) is 17.1. The average molecular weight is 401 g/mol. The number of amides is 2. The number of esters is 1. The molecule has 1 aromatic rings. The van der Waals surface area contributed by atoms with E-state index in [0.29, 0.717) is 14.9 Å².